The van der Waals surface area contributed by atoms with Crippen molar-refractivity contribution in [2.75, 3.05) is 21.1 Å². The lowest BCUT2D eigenvalue weighted by Gasteiger charge is -2.24. The molecule has 0 aliphatic heterocycles. The molecular weight excluding hydrogens is 186 g/mol. The van der Waals surface area contributed by atoms with Crippen molar-refractivity contribution in [2.24, 2.45) is 0 Å². The summed E-state index contributed by atoms with van der Waals surface area (Å²) in [7, 11) is 6.58. The number of benzene rings is 1. The molecule has 0 saturated carbocycles. The first-order chi connectivity index (χ1) is 6.87. The van der Waals surface area contributed by atoms with E-state index in [1.54, 1.807) is 0 Å². The molecule has 0 aliphatic rings. The normalized spacial score (nSPS) is 11.9. The van der Waals surface area contributed by atoms with Crippen molar-refractivity contribution in [3.63, 3.8) is 0 Å². The van der Waals surface area contributed by atoms with Crippen molar-refractivity contribution in [1.82, 2.24) is 0 Å². The Morgan fingerprint density at radius 2 is 1.60 bits per heavy atom. The minimum Gasteiger partial charge on any atom is -0.491 e. The first kappa shape index (κ1) is 12.1. The second-order valence-electron chi connectivity index (χ2n) is 5.26. The van der Waals surface area contributed by atoms with Crippen LogP contribution in [0.25, 0.3) is 0 Å². The summed E-state index contributed by atoms with van der Waals surface area (Å²) in [4.78, 5) is 0. The van der Waals surface area contributed by atoms with Crippen LogP contribution in [0.2, 0.25) is 0 Å². The van der Waals surface area contributed by atoms with Crippen molar-refractivity contribution in [2.45, 2.75) is 26.5 Å². The highest BCUT2D eigenvalue weighted by molar-refractivity contribution is 5.26. The third-order valence-electron chi connectivity index (χ3n) is 1.95. The van der Waals surface area contributed by atoms with Crippen LogP contribution < -0.4 is 4.74 Å². The second-order valence-corrected chi connectivity index (χ2v) is 5.26. The third-order valence-corrected chi connectivity index (χ3v) is 1.95. The van der Waals surface area contributed by atoms with Crippen LogP contribution in [0, 0.1) is 0 Å². The Labute approximate surface area is 93.1 Å². The maximum absolute atomic E-state index is 5.59. The molecule has 0 heterocycles. The van der Waals surface area contributed by atoms with E-state index in [4.69, 9.17) is 4.74 Å². The second kappa shape index (κ2) is 4.67. The average Bonchev–Trinajstić information content (AvgIpc) is 2.05. The Morgan fingerprint density at radius 3 is 2.00 bits per heavy atom. The van der Waals surface area contributed by atoms with Gasteiger partial charge < -0.3 is 9.22 Å². The van der Waals surface area contributed by atoms with Gasteiger partial charge in [0.2, 0.25) is 0 Å². The summed E-state index contributed by atoms with van der Waals surface area (Å²) in [5.74, 6) is 0.954. The van der Waals surface area contributed by atoms with Crippen LogP contribution in [0.15, 0.2) is 24.3 Å². The molecule has 0 aliphatic carbocycles. The molecule has 0 radical (unpaired) electrons. The topological polar surface area (TPSA) is 9.23 Å². The summed E-state index contributed by atoms with van der Waals surface area (Å²) in [5.41, 5.74) is 1.35. The van der Waals surface area contributed by atoms with Crippen molar-refractivity contribution in [3.8, 4) is 5.75 Å². The minimum atomic E-state index is 0.245. The maximum Gasteiger partial charge on any atom is 0.119 e. The zero-order valence-electron chi connectivity index (χ0n) is 10.4. The summed E-state index contributed by atoms with van der Waals surface area (Å²) in [6.45, 7) is 5.13. The fourth-order valence-electron chi connectivity index (χ4n) is 1.49. The van der Waals surface area contributed by atoms with Gasteiger partial charge in [-0.3, -0.25) is 0 Å². The fraction of sp³-hybridized carbons (Fsp3) is 0.538. The van der Waals surface area contributed by atoms with Crippen LogP contribution in [0.1, 0.15) is 19.4 Å². The van der Waals surface area contributed by atoms with Crippen LogP contribution in [0.3, 0.4) is 0 Å². The molecule has 0 amide bonds. The smallest absolute Gasteiger partial charge is 0.119 e. The summed E-state index contributed by atoms with van der Waals surface area (Å²) in [5, 5.41) is 0. The van der Waals surface area contributed by atoms with Gasteiger partial charge in [-0.05, 0) is 38.1 Å². The van der Waals surface area contributed by atoms with Gasteiger partial charge >= 0.3 is 0 Å². The SMILES string of the molecule is CC(C)Oc1ccc(C[N+](C)(C)C)cc1. The van der Waals surface area contributed by atoms with Crippen molar-refractivity contribution < 1.29 is 9.22 Å². The molecule has 1 rings (SSSR count). The van der Waals surface area contributed by atoms with Gasteiger partial charge in [0.1, 0.15) is 12.3 Å². The van der Waals surface area contributed by atoms with E-state index in [-0.39, 0.29) is 6.10 Å². The standard InChI is InChI=1S/C13H22NO/c1-11(2)15-13-8-6-12(7-9-13)10-14(3,4)5/h6-9,11H,10H2,1-5H3/q+1. The maximum atomic E-state index is 5.59. The number of hydrogen-bond donors (Lipinski definition) is 0. The van der Waals surface area contributed by atoms with E-state index in [1.165, 1.54) is 5.56 Å². The van der Waals surface area contributed by atoms with Gasteiger partial charge in [0.25, 0.3) is 0 Å². The van der Waals surface area contributed by atoms with Crippen LogP contribution in [-0.4, -0.2) is 31.7 Å². The van der Waals surface area contributed by atoms with E-state index >= 15 is 0 Å². The lowest BCUT2D eigenvalue weighted by Crippen LogP contribution is -2.33. The molecule has 0 bridgehead atoms. The number of rotatable bonds is 4. The molecule has 0 fully saturated rings. The molecule has 2 heteroatoms. The monoisotopic (exact) mass is 208 g/mol. The van der Waals surface area contributed by atoms with E-state index in [0.717, 1.165) is 16.8 Å². The zero-order chi connectivity index (χ0) is 11.5. The number of nitrogens with zero attached hydrogens (tertiary/aromatic N) is 1. The lowest BCUT2D eigenvalue weighted by molar-refractivity contribution is -0.884. The molecule has 1 aromatic carbocycles. The average molecular weight is 208 g/mol. The Hall–Kier alpha value is -1.02. The Bertz CT molecular complexity index is 295. The molecule has 0 saturated heterocycles. The predicted octanol–water partition coefficient (Wildman–Crippen LogP) is 2.68. The molecule has 84 valence electrons. The molecule has 15 heavy (non-hydrogen) atoms. The molecule has 0 unspecified atom stereocenters. The van der Waals surface area contributed by atoms with Crippen molar-refractivity contribution in [3.05, 3.63) is 29.8 Å². The molecule has 0 N–H and O–H groups in total. The number of ether oxygens (including phenoxy) is 1. The molecule has 0 spiro atoms. The fourth-order valence-corrected chi connectivity index (χ4v) is 1.49. The van der Waals surface area contributed by atoms with E-state index in [0.29, 0.717) is 0 Å². The van der Waals surface area contributed by atoms with E-state index < -0.39 is 0 Å². The lowest BCUT2D eigenvalue weighted by atomic mass is 10.2. The largest absolute Gasteiger partial charge is 0.491 e. The van der Waals surface area contributed by atoms with Crippen molar-refractivity contribution in [1.29, 1.82) is 0 Å². The van der Waals surface area contributed by atoms with Gasteiger partial charge in [-0.2, -0.15) is 0 Å². The van der Waals surface area contributed by atoms with Crippen LogP contribution in [0.4, 0.5) is 0 Å². The van der Waals surface area contributed by atoms with Gasteiger partial charge in [-0.15, -0.1) is 0 Å². The van der Waals surface area contributed by atoms with E-state index in [2.05, 4.69) is 33.3 Å². The van der Waals surface area contributed by atoms with Crippen molar-refractivity contribution >= 4 is 0 Å². The van der Waals surface area contributed by atoms with Gasteiger partial charge in [0.05, 0.1) is 27.2 Å². The Kier molecular flexibility index (Phi) is 3.75. The van der Waals surface area contributed by atoms with Gasteiger partial charge in [0.15, 0.2) is 0 Å². The first-order valence-corrected chi connectivity index (χ1v) is 5.43. The highest BCUT2D eigenvalue weighted by Crippen LogP contribution is 2.15. The minimum absolute atomic E-state index is 0.245. The van der Waals surface area contributed by atoms with Crippen LogP contribution >= 0.6 is 0 Å². The van der Waals surface area contributed by atoms with Gasteiger partial charge in [-0.25, -0.2) is 0 Å². The first-order valence-electron chi connectivity index (χ1n) is 5.43. The highest BCUT2D eigenvalue weighted by Gasteiger charge is 2.08. The summed E-state index contributed by atoms with van der Waals surface area (Å²) in [6.07, 6.45) is 0.245. The summed E-state index contributed by atoms with van der Waals surface area (Å²) >= 11 is 0. The Morgan fingerprint density at radius 1 is 1.07 bits per heavy atom. The summed E-state index contributed by atoms with van der Waals surface area (Å²) < 4.78 is 6.54. The molecule has 1 aromatic rings. The van der Waals surface area contributed by atoms with Gasteiger partial charge in [-0.1, -0.05) is 0 Å². The third kappa shape index (κ3) is 4.84. The quantitative estimate of drug-likeness (QED) is 0.691. The molecule has 2 nitrogen and oxygen atoms in total. The van der Waals surface area contributed by atoms with Gasteiger partial charge in [0, 0.05) is 5.56 Å². The predicted molar refractivity (Wildman–Crippen MR) is 63.9 cm³/mol. The molecular formula is C13H22NO+. The van der Waals surface area contributed by atoms with E-state index in [1.807, 2.05) is 26.0 Å². The van der Waals surface area contributed by atoms with E-state index in [9.17, 15) is 0 Å². The molecule has 0 atom stereocenters. The van der Waals surface area contributed by atoms with Crippen LogP contribution in [0.5, 0.6) is 5.75 Å². The number of hydrogen-bond acceptors (Lipinski definition) is 1. The molecule has 0 aromatic heterocycles. The Balaban J connectivity index is 2.64. The highest BCUT2D eigenvalue weighted by atomic mass is 16.5. The summed E-state index contributed by atoms with van der Waals surface area (Å²) in [6, 6.07) is 8.37. The zero-order valence-corrected chi connectivity index (χ0v) is 10.4. The van der Waals surface area contributed by atoms with Crippen LogP contribution in [-0.2, 0) is 6.54 Å². The number of quaternary nitrogens is 1.